The molecule has 2 amide bonds. The van der Waals surface area contributed by atoms with Crippen LogP contribution in [0.2, 0.25) is 0 Å². The average molecular weight is 313 g/mol. The summed E-state index contributed by atoms with van der Waals surface area (Å²) < 4.78 is 10.8. The highest BCUT2D eigenvalue weighted by atomic mass is 16.5. The molecule has 1 saturated heterocycles. The highest BCUT2D eigenvalue weighted by molar-refractivity contribution is 6.22. The van der Waals surface area contributed by atoms with E-state index in [0.29, 0.717) is 23.8 Å². The molecule has 0 unspecified atom stereocenters. The van der Waals surface area contributed by atoms with Gasteiger partial charge in [0, 0.05) is 6.07 Å². The van der Waals surface area contributed by atoms with Crippen molar-refractivity contribution in [3.63, 3.8) is 0 Å². The fourth-order valence-corrected chi connectivity index (χ4v) is 4.23. The van der Waals surface area contributed by atoms with Gasteiger partial charge in [-0.25, -0.2) is 4.90 Å². The maximum Gasteiger partial charge on any atom is 0.238 e. The van der Waals surface area contributed by atoms with E-state index in [9.17, 15) is 9.59 Å². The summed E-state index contributed by atoms with van der Waals surface area (Å²) in [7, 11) is 1.57. The monoisotopic (exact) mass is 313 g/mol. The van der Waals surface area contributed by atoms with Crippen LogP contribution in [-0.4, -0.2) is 25.5 Å². The summed E-state index contributed by atoms with van der Waals surface area (Å²) in [4.78, 5) is 27.0. The van der Waals surface area contributed by atoms with Gasteiger partial charge in [-0.1, -0.05) is 12.2 Å². The predicted molar refractivity (Wildman–Crippen MR) is 84.4 cm³/mol. The molecule has 0 spiro atoms. The molecule has 2 aliphatic carbocycles. The zero-order valence-electron chi connectivity index (χ0n) is 13.2. The van der Waals surface area contributed by atoms with Crippen molar-refractivity contribution < 1.29 is 19.1 Å². The summed E-state index contributed by atoms with van der Waals surface area (Å²) in [6, 6.07) is 5.20. The van der Waals surface area contributed by atoms with Crippen molar-refractivity contribution in [3.8, 4) is 11.5 Å². The van der Waals surface area contributed by atoms with E-state index in [4.69, 9.17) is 9.47 Å². The Kier molecular flexibility index (Phi) is 3.18. The van der Waals surface area contributed by atoms with Crippen molar-refractivity contribution in [2.75, 3.05) is 18.6 Å². The first-order valence-electron chi connectivity index (χ1n) is 8.02. The summed E-state index contributed by atoms with van der Waals surface area (Å²) in [6.45, 7) is 2.37. The van der Waals surface area contributed by atoms with Crippen LogP contribution in [-0.2, 0) is 9.59 Å². The van der Waals surface area contributed by atoms with Crippen LogP contribution < -0.4 is 14.4 Å². The molecule has 1 aromatic rings. The summed E-state index contributed by atoms with van der Waals surface area (Å²) in [5.74, 6) is 1.05. The Balaban J connectivity index is 1.70. The Labute approximate surface area is 134 Å². The van der Waals surface area contributed by atoms with Crippen molar-refractivity contribution in [3.05, 3.63) is 30.4 Å². The lowest BCUT2D eigenvalue weighted by atomic mass is 9.85. The Bertz CT molecular complexity index is 681. The van der Waals surface area contributed by atoms with Gasteiger partial charge in [-0.05, 0) is 37.3 Å². The van der Waals surface area contributed by atoms with Crippen LogP contribution >= 0.6 is 0 Å². The predicted octanol–water partition coefficient (Wildman–Crippen LogP) is 2.41. The second kappa shape index (κ2) is 5.11. The number of carbonyl (C=O) groups is 2. The molecular formula is C18H19NO4. The van der Waals surface area contributed by atoms with Gasteiger partial charge >= 0.3 is 0 Å². The minimum absolute atomic E-state index is 0.0792. The number of amides is 2. The lowest BCUT2D eigenvalue weighted by molar-refractivity contribution is -0.123. The third kappa shape index (κ3) is 1.92. The van der Waals surface area contributed by atoms with Gasteiger partial charge in [0.05, 0.1) is 31.2 Å². The second-order valence-electron chi connectivity index (χ2n) is 6.28. The number of imide groups is 1. The minimum atomic E-state index is -0.185. The summed E-state index contributed by atoms with van der Waals surface area (Å²) in [5.41, 5.74) is 0.568. The smallest absolute Gasteiger partial charge is 0.238 e. The number of hydrogen-bond acceptors (Lipinski definition) is 4. The summed E-state index contributed by atoms with van der Waals surface area (Å²) in [5, 5.41) is 0. The van der Waals surface area contributed by atoms with E-state index in [0.717, 1.165) is 6.42 Å². The number of nitrogens with zero attached hydrogens (tertiary/aromatic N) is 1. The van der Waals surface area contributed by atoms with Gasteiger partial charge in [-0.2, -0.15) is 0 Å². The fourth-order valence-electron chi connectivity index (χ4n) is 4.23. The van der Waals surface area contributed by atoms with Crippen LogP contribution in [0.15, 0.2) is 30.4 Å². The molecule has 5 nitrogen and oxygen atoms in total. The van der Waals surface area contributed by atoms with Gasteiger partial charge in [-0.3, -0.25) is 9.59 Å². The first-order valence-corrected chi connectivity index (χ1v) is 8.02. The quantitative estimate of drug-likeness (QED) is 0.633. The number of carbonyl (C=O) groups excluding carboxylic acids is 2. The molecule has 3 aliphatic rings. The molecule has 1 heterocycles. The topological polar surface area (TPSA) is 55.8 Å². The van der Waals surface area contributed by atoms with Gasteiger partial charge in [0.1, 0.15) is 0 Å². The van der Waals surface area contributed by atoms with Gasteiger partial charge in [0.2, 0.25) is 11.8 Å². The number of benzene rings is 1. The van der Waals surface area contributed by atoms with E-state index in [1.165, 1.54) is 4.90 Å². The molecule has 4 rings (SSSR count). The maximum atomic E-state index is 12.8. The largest absolute Gasteiger partial charge is 0.493 e. The SMILES string of the molecule is CCOc1cc(N2C(=O)[C@H]3[C@H](C2=O)[C@H]2C=C[C@H]3C2)ccc1OC. The van der Waals surface area contributed by atoms with Crippen molar-refractivity contribution in [2.24, 2.45) is 23.7 Å². The van der Waals surface area contributed by atoms with Crippen molar-refractivity contribution in [1.82, 2.24) is 0 Å². The number of allylic oxidation sites excluding steroid dienone is 2. The number of ether oxygens (including phenoxy) is 2. The lowest BCUT2D eigenvalue weighted by Crippen LogP contribution is -2.32. The number of methoxy groups -OCH3 is 1. The Morgan fingerprint density at radius 1 is 1.09 bits per heavy atom. The normalized spacial score (nSPS) is 31.0. The number of anilines is 1. The number of rotatable bonds is 4. The Morgan fingerprint density at radius 3 is 2.30 bits per heavy atom. The maximum absolute atomic E-state index is 12.8. The van der Waals surface area contributed by atoms with Crippen LogP contribution in [0.25, 0.3) is 0 Å². The third-order valence-corrected chi connectivity index (χ3v) is 5.18. The molecule has 5 heteroatoms. The Morgan fingerprint density at radius 2 is 1.74 bits per heavy atom. The first-order chi connectivity index (χ1) is 11.2. The number of hydrogen-bond donors (Lipinski definition) is 0. The van der Waals surface area contributed by atoms with Crippen molar-refractivity contribution in [2.45, 2.75) is 13.3 Å². The van der Waals surface area contributed by atoms with Crippen LogP contribution in [0.3, 0.4) is 0 Å². The lowest BCUT2D eigenvalue weighted by Gasteiger charge is -2.19. The minimum Gasteiger partial charge on any atom is -0.493 e. The molecule has 2 bridgehead atoms. The molecule has 4 atom stereocenters. The van der Waals surface area contributed by atoms with Crippen molar-refractivity contribution >= 4 is 17.5 Å². The van der Waals surface area contributed by atoms with Gasteiger partial charge in [0.25, 0.3) is 0 Å². The van der Waals surface area contributed by atoms with Gasteiger partial charge in [-0.15, -0.1) is 0 Å². The number of fused-ring (bicyclic) bond motifs is 5. The molecule has 1 aromatic carbocycles. The Hall–Kier alpha value is -2.30. The van der Waals surface area contributed by atoms with E-state index in [-0.39, 0.29) is 35.5 Å². The second-order valence-corrected chi connectivity index (χ2v) is 6.28. The van der Waals surface area contributed by atoms with Crippen LogP contribution in [0.4, 0.5) is 5.69 Å². The third-order valence-electron chi connectivity index (χ3n) is 5.18. The van der Waals surface area contributed by atoms with Crippen LogP contribution in [0.5, 0.6) is 11.5 Å². The zero-order chi connectivity index (χ0) is 16.1. The highest BCUT2D eigenvalue weighted by Gasteiger charge is 2.59. The van der Waals surface area contributed by atoms with Gasteiger partial charge < -0.3 is 9.47 Å². The molecule has 0 N–H and O–H groups in total. The van der Waals surface area contributed by atoms with E-state index in [1.807, 2.05) is 6.92 Å². The molecule has 1 saturated carbocycles. The van der Waals surface area contributed by atoms with Crippen LogP contribution in [0, 0.1) is 23.7 Å². The summed E-state index contributed by atoms with van der Waals surface area (Å²) >= 11 is 0. The fraction of sp³-hybridized carbons (Fsp3) is 0.444. The van der Waals surface area contributed by atoms with E-state index in [2.05, 4.69) is 12.2 Å². The van der Waals surface area contributed by atoms with E-state index >= 15 is 0 Å². The summed E-state index contributed by atoms with van der Waals surface area (Å²) in [6.07, 6.45) is 5.13. The molecule has 1 aliphatic heterocycles. The average Bonchev–Trinajstić information content (AvgIpc) is 3.22. The zero-order valence-corrected chi connectivity index (χ0v) is 13.2. The first kappa shape index (κ1) is 14.3. The molecule has 120 valence electrons. The van der Waals surface area contributed by atoms with E-state index < -0.39 is 0 Å². The highest BCUT2D eigenvalue weighted by Crippen LogP contribution is 2.53. The molecular weight excluding hydrogens is 294 g/mol. The molecule has 0 radical (unpaired) electrons. The van der Waals surface area contributed by atoms with Gasteiger partial charge in [0.15, 0.2) is 11.5 Å². The van der Waals surface area contributed by atoms with Crippen molar-refractivity contribution in [1.29, 1.82) is 0 Å². The molecule has 0 aromatic heterocycles. The standard InChI is InChI=1S/C18H19NO4/c1-3-23-14-9-12(6-7-13(14)22-2)19-17(20)15-10-4-5-11(8-10)16(15)18(19)21/h4-7,9-11,15-16H,3,8H2,1-2H3/t10-,11-,15+,16+/m0/s1. The van der Waals surface area contributed by atoms with Crippen LogP contribution in [0.1, 0.15) is 13.3 Å². The molecule has 23 heavy (non-hydrogen) atoms. The van der Waals surface area contributed by atoms with E-state index in [1.54, 1.807) is 25.3 Å². The molecule has 2 fully saturated rings.